The SMILES string of the molecule is C/C(=C\c1ccccc1)CN1CCC[C@@H]([C@@H](NC(=O)C(C)(C)C)c2ccccn2)C1. The topological polar surface area (TPSA) is 45.2 Å². The molecule has 0 aliphatic carbocycles. The van der Waals surface area contributed by atoms with Crippen molar-refractivity contribution in [2.24, 2.45) is 11.3 Å². The molecule has 0 bridgehead atoms. The fourth-order valence-corrected chi connectivity index (χ4v) is 4.09. The monoisotopic (exact) mass is 405 g/mol. The van der Waals surface area contributed by atoms with E-state index >= 15 is 0 Å². The van der Waals surface area contributed by atoms with Crippen LogP contribution < -0.4 is 5.32 Å². The number of nitrogens with one attached hydrogen (secondary N) is 1. The number of hydrogen-bond acceptors (Lipinski definition) is 3. The molecule has 4 nitrogen and oxygen atoms in total. The van der Waals surface area contributed by atoms with Gasteiger partial charge in [-0.1, -0.05) is 68.8 Å². The molecule has 1 aromatic carbocycles. The second kappa shape index (κ2) is 10.0. The molecule has 2 heterocycles. The first-order valence-corrected chi connectivity index (χ1v) is 11.0. The van der Waals surface area contributed by atoms with Gasteiger partial charge in [-0.15, -0.1) is 0 Å². The maximum Gasteiger partial charge on any atom is 0.225 e. The molecule has 0 radical (unpaired) electrons. The lowest BCUT2D eigenvalue weighted by Crippen LogP contribution is -2.46. The van der Waals surface area contributed by atoms with E-state index in [9.17, 15) is 4.79 Å². The highest BCUT2D eigenvalue weighted by atomic mass is 16.2. The van der Waals surface area contributed by atoms with Gasteiger partial charge in [0.2, 0.25) is 5.91 Å². The molecular formula is C26H35N3O. The summed E-state index contributed by atoms with van der Waals surface area (Å²) in [5.41, 5.74) is 3.14. The van der Waals surface area contributed by atoms with Gasteiger partial charge in [0.25, 0.3) is 0 Å². The minimum absolute atomic E-state index is 0.0564. The van der Waals surface area contributed by atoms with Gasteiger partial charge in [0, 0.05) is 24.7 Å². The van der Waals surface area contributed by atoms with Crippen LogP contribution in [0, 0.1) is 11.3 Å². The average molecular weight is 406 g/mol. The Hall–Kier alpha value is -2.46. The summed E-state index contributed by atoms with van der Waals surface area (Å²) in [4.78, 5) is 19.9. The van der Waals surface area contributed by atoms with Crippen LogP contribution in [0.2, 0.25) is 0 Å². The van der Waals surface area contributed by atoms with E-state index in [1.165, 1.54) is 11.1 Å². The molecule has 30 heavy (non-hydrogen) atoms. The van der Waals surface area contributed by atoms with Crippen molar-refractivity contribution in [2.75, 3.05) is 19.6 Å². The summed E-state index contributed by atoms with van der Waals surface area (Å²) in [7, 11) is 0. The molecule has 0 unspecified atom stereocenters. The number of rotatable bonds is 6. The van der Waals surface area contributed by atoms with Crippen LogP contribution in [-0.4, -0.2) is 35.4 Å². The average Bonchev–Trinajstić information content (AvgIpc) is 2.72. The van der Waals surface area contributed by atoms with Crippen LogP contribution in [0.15, 0.2) is 60.3 Å². The lowest BCUT2D eigenvalue weighted by Gasteiger charge is -2.38. The quantitative estimate of drug-likeness (QED) is 0.727. The van der Waals surface area contributed by atoms with Gasteiger partial charge in [-0.2, -0.15) is 0 Å². The summed E-state index contributed by atoms with van der Waals surface area (Å²) >= 11 is 0. The summed E-state index contributed by atoms with van der Waals surface area (Å²) in [6.07, 6.45) is 6.32. The Balaban J connectivity index is 1.72. The van der Waals surface area contributed by atoms with Crippen molar-refractivity contribution in [1.82, 2.24) is 15.2 Å². The van der Waals surface area contributed by atoms with Gasteiger partial charge in [0.1, 0.15) is 0 Å². The molecular weight excluding hydrogens is 370 g/mol. The number of nitrogens with zero attached hydrogens (tertiary/aromatic N) is 2. The predicted molar refractivity (Wildman–Crippen MR) is 124 cm³/mol. The fourth-order valence-electron chi connectivity index (χ4n) is 4.09. The lowest BCUT2D eigenvalue weighted by atomic mass is 9.86. The van der Waals surface area contributed by atoms with Crippen LogP contribution in [0.1, 0.15) is 57.8 Å². The third kappa shape index (κ3) is 6.27. The van der Waals surface area contributed by atoms with Crippen molar-refractivity contribution >= 4 is 12.0 Å². The van der Waals surface area contributed by atoms with Gasteiger partial charge in [-0.3, -0.25) is 14.7 Å². The van der Waals surface area contributed by atoms with E-state index in [0.29, 0.717) is 5.92 Å². The van der Waals surface area contributed by atoms with Crippen molar-refractivity contribution in [2.45, 2.75) is 46.6 Å². The molecule has 2 atom stereocenters. The van der Waals surface area contributed by atoms with Crippen LogP contribution in [0.5, 0.6) is 0 Å². The molecule has 1 aromatic heterocycles. The number of piperidine rings is 1. The largest absolute Gasteiger partial charge is 0.347 e. The van der Waals surface area contributed by atoms with Crippen molar-refractivity contribution in [3.63, 3.8) is 0 Å². The van der Waals surface area contributed by atoms with Gasteiger partial charge >= 0.3 is 0 Å². The van der Waals surface area contributed by atoms with Gasteiger partial charge in [0.15, 0.2) is 0 Å². The zero-order valence-electron chi connectivity index (χ0n) is 18.8. The van der Waals surface area contributed by atoms with Crippen LogP contribution in [-0.2, 0) is 4.79 Å². The summed E-state index contributed by atoms with van der Waals surface area (Å²) in [6, 6.07) is 16.4. The molecule has 1 aliphatic heterocycles. The second-order valence-corrected chi connectivity index (χ2v) is 9.49. The first-order valence-electron chi connectivity index (χ1n) is 11.0. The molecule has 2 aromatic rings. The van der Waals surface area contributed by atoms with Crippen LogP contribution in [0.4, 0.5) is 0 Å². The summed E-state index contributed by atoms with van der Waals surface area (Å²) in [5.74, 6) is 0.430. The van der Waals surface area contributed by atoms with Crippen molar-refractivity contribution in [1.29, 1.82) is 0 Å². The first-order chi connectivity index (χ1) is 14.3. The van der Waals surface area contributed by atoms with E-state index in [2.05, 4.69) is 52.5 Å². The maximum atomic E-state index is 12.8. The van der Waals surface area contributed by atoms with Crippen LogP contribution >= 0.6 is 0 Å². The van der Waals surface area contributed by atoms with Crippen molar-refractivity contribution in [3.05, 3.63) is 71.6 Å². The molecule has 1 saturated heterocycles. The maximum absolute atomic E-state index is 12.8. The third-order valence-corrected chi connectivity index (χ3v) is 5.67. The van der Waals surface area contributed by atoms with Crippen molar-refractivity contribution in [3.8, 4) is 0 Å². The predicted octanol–water partition coefficient (Wildman–Crippen LogP) is 5.10. The Labute approximate surface area is 181 Å². The smallest absolute Gasteiger partial charge is 0.225 e. The molecule has 1 amide bonds. The Kier molecular flexibility index (Phi) is 7.43. The molecule has 160 valence electrons. The molecule has 0 spiro atoms. The number of likely N-dealkylation sites (tertiary alicyclic amines) is 1. The van der Waals surface area contributed by atoms with Crippen LogP contribution in [0.25, 0.3) is 6.08 Å². The van der Waals surface area contributed by atoms with Crippen molar-refractivity contribution < 1.29 is 4.79 Å². The van der Waals surface area contributed by atoms with Gasteiger partial charge < -0.3 is 5.32 Å². The summed E-state index contributed by atoms with van der Waals surface area (Å²) < 4.78 is 0. The minimum atomic E-state index is -0.420. The van der Waals surface area contributed by atoms with Crippen LogP contribution in [0.3, 0.4) is 0 Å². The number of aromatic nitrogens is 1. The van der Waals surface area contributed by atoms with Gasteiger partial charge in [-0.05, 0) is 49.9 Å². The van der Waals surface area contributed by atoms with E-state index in [0.717, 1.165) is 38.2 Å². The zero-order chi connectivity index (χ0) is 21.6. The Morgan fingerprint density at radius 1 is 1.20 bits per heavy atom. The normalized spacial score (nSPS) is 19.3. The minimum Gasteiger partial charge on any atom is -0.347 e. The highest BCUT2D eigenvalue weighted by Gasteiger charge is 2.33. The first kappa shape index (κ1) is 22.2. The van der Waals surface area contributed by atoms with E-state index in [1.54, 1.807) is 0 Å². The molecule has 3 rings (SSSR count). The lowest BCUT2D eigenvalue weighted by molar-refractivity contribution is -0.129. The molecule has 0 saturated carbocycles. The number of hydrogen-bond donors (Lipinski definition) is 1. The fraction of sp³-hybridized carbons (Fsp3) is 0.462. The van der Waals surface area contributed by atoms with Gasteiger partial charge in [-0.25, -0.2) is 0 Å². The van der Waals surface area contributed by atoms with E-state index in [4.69, 9.17) is 0 Å². The Morgan fingerprint density at radius 2 is 1.93 bits per heavy atom. The summed E-state index contributed by atoms with van der Waals surface area (Å²) in [5, 5.41) is 3.31. The standard InChI is InChI=1S/C26H35N3O/c1-20(17-21-11-6-5-7-12-21)18-29-16-10-13-22(19-29)24(23-14-8-9-15-27-23)28-25(30)26(2,3)4/h5-9,11-12,14-15,17,22,24H,10,13,16,18-19H2,1-4H3,(H,28,30)/b20-17+/t22-,24-/m1/s1. The molecule has 1 N–H and O–H groups in total. The molecule has 1 fully saturated rings. The number of carbonyl (C=O) groups is 1. The highest BCUT2D eigenvalue weighted by Crippen LogP contribution is 2.30. The Morgan fingerprint density at radius 3 is 2.60 bits per heavy atom. The number of carbonyl (C=O) groups excluding carboxylic acids is 1. The zero-order valence-corrected chi connectivity index (χ0v) is 18.8. The third-order valence-electron chi connectivity index (χ3n) is 5.67. The Bertz CT molecular complexity index is 840. The van der Waals surface area contributed by atoms with Gasteiger partial charge in [0.05, 0.1) is 11.7 Å². The number of pyridine rings is 1. The highest BCUT2D eigenvalue weighted by molar-refractivity contribution is 5.81. The van der Waals surface area contributed by atoms with E-state index in [-0.39, 0.29) is 11.9 Å². The summed E-state index contributed by atoms with van der Waals surface area (Å²) in [6.45, 7) is 11.1. The number of amides is 1. The number of benzene rings is 1. The molecule has 1 aliphatic rings. The second-order valence-electron chi connectivity index (χ2n) is 9.49. The van der Waals surface area contributed by atoms with E-state index < -0.39 is 5.41 Å². The molecule has 4 heteroatoms. The van der Waals surface area contributed by atoms with E-state index in [1.807, 2.05) is 51.2 Å².